The largest absolute Gasteiger partial charge is 0.461 e. The molecule has 0 aliphatic rings. The topological polar surface area (TPSA) is 89.3 Å². The van der Waals surface area contributed by atoms with Gasteiger partial charge in [0.25, 0.3) is 0 Å². The van der Waals surface area contributed by atoms with Gasteiger partial charge in [-0.2, -0.15) is 10.3 Å². The van der Waals surface area contributed by atoms with Crippen LogP contribution in [0.15, 0.2) is 40.2 Å². The van der Waals surface area contributed by atoms with Crippen molar-refractivity contribution < 1.29 is 9.53 Å². The second kappa shape index (κ2) is 5.76. The second-order valence-corrected chi connectivity index (χ2v) is 3.55. The highest BCUT2D eigenvalue weighted by molar-refractivity contribution is 5.86. The second-order valence-electron chi connectivity index (χ2n) is 3.55. The molecule has 2 rings (SSSR count). The number of hydrogen-bond acceptors (Lipinski definition) is 5. The van der Waals surface area contributed by atoms with Crippen molar-refractivity contribution in [2.75, 3.05) is 6.61 Å². The van der Waals surface area contributed by atoms with Crippen molar-refractivity contribution in [1.29, 1.82) is 0 Å². The summed E-state index contributed by atoms with van der Waals surface area (Å²) in [6.07, 6.45) is 1.48. The first kappa shape index (κ1) is 12.7. The molecule has 0 atom stereocenters. The van der Waals surface area contributed by atoms with Crippen LogP contribution in [0.1, 0.15) is 23.0 Å². The SMILES string of the molecule is CCOC(=O)c1n[nH]n(N=Cc2ccccc2)c1=O. The summed E-state index contributed by atoms with van der Waals surface area (Å²) < 4.78 is 4.70. The zero-order chi connectivity index (χ0) is 13.7. The molecule has 0 amide bonds. The lowest BCUT2D eigenvalue weighted by Crippen LogP contribution is -2.20. The Hall–Kier alpha value is -2.70. The normalized spacial score (nSPS) is 10.8. The first-order valence-electron chi connectivity index (χ1n) is 5.66. The Morgan fingerprint density at radius 2 is 2.21 bits per heavy atom. The van der Waals surface area contributed by atoms with Crippen LogP contribution in [0, 0.1) is 0 Å². The summed E-state index contributed by atoms with van der Waals surface area (Å²) in [5.74, 6) is -0.766. The molecule has 7 nitrogen and oxygen atoms in total. The van der Waals surface area contributed by atoms with Gasteiger partial charge in [0, 0.05) is 0 Å². The van der Waals surface area contributed by atoms with Gasteiger partial charge in [0.2, 0.25) is 5.69 Å². The Morgan fingerprint density at radius 1 is 1.47 bits per heavy atom. The van der Waals surface area contributed by atoms with Crippen LogP contribution < -0.4 is 5.56 Å². The number of ether oxygens (including phenoxy) is 1. The summed E-state index contributed by atoms with van der Waals surface area (Å²) in [7, 11) is 0. The van der Waals surface area contributed by atoms with Crippen molar-refractivity contribution in [3.05, 3.63) is 51.9 Å². The van der Waals surface area contributed by atoms with Crippen LogP contribution in [0.3, 0.4) is 0 Å². The van der Waals surface area contributed by atoms with E-state index in [4.69, 9.17) is 4.74 Å². The van der Waals surface area contributed by atoms with Gasteiger partial charge in [-0.05, 0) is 12.5 Å². The molecule has 2 aromatic rings. The molecule has 0 fully saturated rings. The summed E-state index contributed by atoms with van der Waals surface area (Å²) in [5.41, 5.74) is -0.139. The summed E-state index contributed by atoms with van der Waals surface area (Å²) in [5, 5.41) is 9.82. The maximum absolute atomic E-state index is 11.8. The minimum Gasteiger partial charge on any atom is -0.461 e. The van der Waals surface area contributed by atoms with Gasteiger partial charge in [-0.15, -0.1) is 9.89 Å². The fourth-order valence-corrected chi connectivity index (χ4v) is 1.37. The first-order valence-corrected chi connectivity index (χ1v) is 5.66. The molecule has 0 aliphatic carbocycles. The van der Waals surface area contributed by atoms with Crippen LogP contribution in [-0.4, -0.2) is 33.9 Å². The quantitative estimate of drug-likeness (QED) is 0.645. The molecule has 98 valence electrons. The molecule has 1 aromatic carbocycles. The lowest BCUT2D eigenvalue weighted by molar-refractivity contribution is 0.0517. The maximum Gasteiger partial charge on any atom is 0.364 e. The van der Waals surface area contributed by atoms with Crippen molar-refractivity contribution in [3.8, 4) is 0 Å². The van der Waals surface area contributed by atoms with E-state index in [0.717, 1.165) is 10.4 Å². The number of aromatic nitrogens is 3. The molecule has 1 N–H and O–H groups in total. The number of H-pyrrole nitrogens is 1. The van der Waals surface area contributed by atoms with Gasteiger partial charge in [0.05, 0.1) is 12.8 Å². The van der Waals surface area contributed by atoms with Crippen LogP contribution in [0.25, 0.3) is 0 Å². The summed E-state index contributed by atoms with van der Waals surface area (Å²) in [6, 6.07) is 9.23. The molecule has 0 spiro atoms. The van der Waals surface area contributed by atoms with Gasteiger partial charge >= 0.3 is 11.5 Å². The highest BCUT2D eigenvalue weighted by atomic mass is 16.5. The predicted octanol–water partition coefficient (Wildman–Crippen LogP) is 0.630. The number of carbonyl (C=O) groups excluding carboxylic acids is 1. The van der Waals surface area contributed by atoms with E-state index in [1.54, 1.807) is 6.92 Å². The maximum atomic E-state index is 11.8. The molecule has 0 radical (unpaired) electrons. The number of nitrogens with zero attached hydrogens (tertiary/aromatic N) is 3. The van der Waals surface area contributed by atoms with E-state index in [9.17, 15) is 9.59 Å². The Balaban J connectivity index is 2.21. The fraction of sp³-hybridized carbons (Fsp3) is 0.167. The van der Waals surface area contributed by atoms with E-state index in [2.05, 4.69) is 15.4 Å². The van der Waals surface area contributed by atoms with Crippen LogP contribution in [-0.2, 0) is 4.74 Å². The Bertz CT molecular complexity index is 642. The summed E-state index contributed by atoms with van der Waals surface area (Å²) >= 11 is 0. The zero-order valence-corrected chi connectivity index (χ0v) is 10.2. The number of nitrogens with one attached hydrogen (secondary N) is 1. The Kier molecular flexibility index (Phi) is 3.87. The average Bonchev–Trinajstić information content (AvgIpc) is 2.79. The molecule has 1 heterocycles. The van der Waals surface area contributed by atoms with E-state index >= 15 is 0 Å². The van der Waals surface area contributed by atoms with Gasteiger partial charge in [0.1, 0.15) is 0 Å². The zero-order valence-electron chi connectivity index (χ0n) is 10.2. The van der Waals surface area contributed by atoms with Gasteiger partial charge in [0.15, 0.2) is 0 Å². The predicted molar refractivity (Wildman–Crippen MR) is 68.2 cm³/mol. The van der Waals surface area contributed by atoms with Crippen molar-refractivity contribution >= 4 is 12.2 Å². The number of aromatic amines is 1. The standard InChI is InChI=1S/C12H12N4O3/c1-2-19-12(18)10-11(17)16(15-14-10)13-8-9-6-4-3-5-7-9/h3-8,15H,2H2,1H3. The van der Waals surface area contributed by atoms with Gasteiger partial charge in [-0.3, -0.25) is 4.79 Å². The molecular weight excluding hydrogens is 248 g/mol. The number of benzene rings is 1. The van der Waals surface area contributed by atoms with Gasteiger partial charge in [-0.25, -0.2) is 4.79 Å². The van der Waals surface area contributed by atoms with Crippen molar-refractivity contribution in [2.45, 2.75) is 6.92 Å². The number of carbonyl (C=O) groups is 1. The van der Waals surface area contributed by atoms with Crippen molar-refractivity contribution in [2.24, 2.45) is 5.10 Å². The van der Waals surface area contributed by atoms with Crippen LogP contribution in [0.2, 0.25) is 0 Å². The van der Waals surface area contributed by atoms with Gasteiger partial charge < -0.3 is 4.74 Å². The van der Waals surface area contributed by atoms with Crippen LogP contribution in [0.5, 0.6) is 0 Å². The molecule has 0 aliphatic heterocycles. The number of rotatable bonds is 4. The summed E-state index contributed by atoms with van der Waals surface area (Å²) in [4.78, 5) is 24.0. The van der Waals surface area contributed by atoms with Crippen LogP contribution in [0.4, 0.5) is 0 Å². The Morgan fingerprint density at radius 3 is 2.89 bits per heavy atom. The molecule has 19 heavy (non-hydrogen) atoms. The first-order chi connectivity index (χ1) is 9.22. The molecule has 0 saturated carbocycles. The fourth-order valence-electron chi connectivity index (χ4n) is 1.37. The highest BCUT2D eigenvalue weighted by Gasteiger charge is 2.17. The molecule has 0 saturated heterocycles. The lowest BCUT2D eigenvalue weighted by atomic mass is 10.2. The lowest BCUT2D eigenvalue weighted by Gasteiger charge is -1.94. The van der Waals surface area contributed by atoms with Crippen molar-refractivity contribution in [1.82, 2.24) is 15.1 Å². The minimum atomic E-state index is -0.766. The third kappa shape index (κ3) is 2.95. The van der Waals surface area contributed by atoms with Crippen LogP contribution >= 0.6 is 0 Å². The van der Waals surface area contributed by atoms with E-state index < -0.39 is 11.5 Å². The number of esters is 1. The van der Waals surface area contributed by atoms with E-state index in [1.807, 2.05) is 30.3 Å². The average molecular weight is 260 g/mol. The molecular formula is C12H12N4O3. The highest BCUT2D eigenvalue weighted by Crippen LogP contribution is 1.94. The summed E-state index contributed by atoms with van der Waals surface area (Å²) in [6.45, 7) is 1.83. The van der Waals surface area contributed by atoms with E-state index in [-0.39, 0.29) is 12.3 Å². The smallest absolute Gasteiger partial charge is 0.364 e. The minimum absolute atomic E-state index is 0.179. The third-order valence-corrected chi connectivity index (χ3v) is 2.24. The van der Waals surface area contributed by atoms with Crippen molar-refractivity contribution in [3.63, 3.8) is 0 Å². The molecule has 1 aromatic heterocycles. The van der Waals surface area contributed by atoms with Gasteiger partial charge in [-0.1, -0.05) is 30.3 Å². The molecule has 0 bridgehead atoms. The Labute approximate surface area is 108 Å². The van der Waals surface area contributed by atoms with E-state index in [0.29, 0.717) is 0 Å². The molecule has 0 unspecified atom stereocenters. The third-order valence-electron chi connectivity index (χ3n) is 2.24. The van der Waals surface area contributed by atoms with E-state index in [1.165, 1.54) is 6.21 Å². The monoisotopic (exact) mass is 260 g/mol. The number of hydrogen-bond donors (Lipinski definition) is 1. The molecule has 7 heteroatoms.